The van der Waals surface area contributed by atoms with E-state index in [1.54, 1.807) is 23.1 Å². The Morgan fingerprint density at radius 2 is 1.62 bits per heavy atom. The van der Waals surface area contributed by atoms with Gasteiger partial charge in [0.25, 0.3) is 0 Å². The van der Waals surface area contributed by atoms with E-state index in [9.17, 15) is 22.0 Å². The molecule has 32 heavy (non-hydrogen) atoms. The minimum absolute atomic E-state index is 0.0818. The van der Waals surface area contributed by atoms with Crippen molar-refractivity contribution < 1.29 is 26.2 Å². The van der Waals surface area contributed by atoms with E-state index < -0.39 is 27.8 Å². The summed E-state index contributed by atoms with van der Waals surface area (Å²) in [5.41, 5.74) is 1.08. The van der Waals surface area contributed by atoms with Gasteiger partial charge in [0.2, 0.25) is 0 Å². The zero-order valence-corrected chi connectivity index (χ0v) is 18.3. The summed E-state index contributed by atoms with van der Waals surface area (Å²) in [4.78, 5) is 14.1. The number of rotatable bonds is 7. The molecule has 0 aliphatic rings. The van der Waals surface area contributed by atoms with Crippen molar-refractivity contribution in [2.75, 3.05) is 5.32 Å². The monoisotopic (exact) mass is 460 g/mol. The maximum absolute atomic E-state index is 13.4. The van der Waals surface area contributed by atoms with Crippen molar-refractivity contribution in [3.8, 4) is 5.75 Å². The number of carbonyl (C=O) groups excluding carboxylic acids is 1. The molecule has 0 unspecified atom stereocenters. The zero-order valence-electron chi connectivity index (χ0n) is 17.5. The Balaban J connectivity index is 1.68. The first-order valence-corrected chi connectivity index (χ1v) is 11.2. The average Bonchev–Trinajstić information content (AvgIpc) is 2.73. The SMILES string of the molecule is CC(C)N(Cc1ccc(OS(=O)(=O)c2ccc(F)cc2)cc1)C(=O)Nc1cccc(F)c1. The number of nitrogens with one attached hydrogen (secondary N) is 1. The molecule has 0 aliphatic carbocycles. The van der Waals surface area contributed by atoms with Crippen LogP contribution in [0.1, 0.15) is 19.4 Å². The number of hydrogen-bond acceptors (Lipinski definition) is 4. The number of carbonyl (C=O) groups is 1. The molecule has 6 nitrogen and oxygen atoms in total. The summed E-state index contributed by atoms with van der Waals surface area (Å²) in [5, 5.41) is 2.67. The van der Waals surface area contributed by atoms with Crippen molar-refractivity contribution in [2.45, 2.75) is 31.3 Å². The van der Waals surface area contributed by atoms with Crippen LogP contribution in [0.5, 0.6) is 5.75 Å². The topological polar surface area (TPSA) is 75.7 Å². The number of benzene rings is 3. The summed E-state index contributed by atoms with van der Waals surface area (Å²) < 4.78 is 56.1. The van der Waals surface area contributed by atoms with Gasteiger partial charge >= 0.3 is 16.1 Å². The van der Waals surface area contributed by atoms with Gasteiger partial charge in [0.15, 0.2) is 0 Å². The van der Waals surface area contributed by atoms with E-state index in [-0.39, 0.29) is 23.2 Å². The molecule has 0 saturated heterocycles. The van der Waals surface area contributed by atoms with Crippen LogP contribution in [0.4, 0.5) is 19.3 Å². The number of nitrogens with zero attached hydrogens (tertiary/aromatic N) is 1. The molecule has 0 saturated carbocycles. The maximum Gasteiger partial charge on any atom is 0.339 e. The summed E-state index contributed by atoms with van der Waals surface area (Å²) in [6.07, 6.45) is 0. The van der Waals surface area contributed by atoms with Gasteiger partial charge in [0.05, 0.1) is 0 Å². The second kappa shape index (κ2) is 9.78. The fourth-order valence-electron chi connectivity index (χ4n) is 2.87. The second-order valence-corrected chi connectivity index (χ2v) is 8.84. The van der Waals surface area contributed by atoms with Crippen LogP contribution in [0.2, 0.25) is 0 Å². The quantitative estimate of drug-likeness (QED) is 0.493. The summed E-state index contributed by atoms with van der Waals surface area (Å²) in [6, 6.07) is 15.6. The van der Waals surface area contributed by atoms with Gasteiger partial charge in [-0.25, -0.2) is 13.6 Å². The largest absolute Gasteiger partial charge is 0.379 e. The Morgan fingerprint density at radius 3 is 2.22 bits per heavy atom. The standard InChI is InChI=1S/C23H22F2N2O4S/c1-16(2)27(23(28)26-20-5-3-4-19(25)14-20)15-17-6-10-21(11-7-17)31-32(29,30)22-12-8-18(24)9-13-22/h3-14,16H,15H2,1-2H3,(H,26,28). The highest BCUT2D eigenvalue weighted by Crippen LogP contribution is 2.21. The van der Waals surface area contributed by atoms with Gasteiger partial charge in [-0.1, -0.05) is 18.2 Å². The second-order valence-electron chi connectivity index (χ2n) is 7.30. The van der Waals surface area contributed by atoms with E-state index >= 15 is 0 Å². The highest BCUT2D eigenvalue weighted by molar-refractivity contribution is 7.87. The molecule has 0 aliphatic heterocycles. The molecule has 3 aromatic rings. The fourth-order valence-corrected chi connectivity index (χ4v) is 3.80. The molecule has 3 rings (SSSR count). The molecule has 0 atom stereocenters. The first-order chi connectivity index (χ1) is 15.1. The molecule has 0 radical (unpaired) electrons. The van der Waals surface area contributed by atoms with Gasteiger partial charge < -0.3 is 14.4 Å². The van der Waals surface area contributed by atoms with Crippen molar-refractivity contribution in [3.63, 3.8) is 0 Å². The number of amides is 2. The molecular formula is C23H22F2N2O4S. The van der Waals surface area contributed by atoms with Crippen LogP contribution in [0, 0.1) is 11.6 Å². The summed E-state index contributed by atoms with van der Waals surface area (Å²) >= 11 is 0. The van der Waals surface area contributed by atoms with Gasteiger partial charge in [0, 0.05) is 18.3 Å². The Bertz CT molecular complexity index is 1180. The molecule has 0 heterocycles. The van der Waals surface area contributed by atoms with Crippen LogP contribution in [0.25, 0.3) is 0 Å². The number of anilines is 1. The Morgan fingerprint density at radius 1 is 0.969 bits per heavy atom. The van der Waals surface area contributed by atoms with Crippen molar-refractivity contribution >= 4 is 21.8 Å². The van der Waals surface area contributed by atoms with Crippen LogP contribution in [0.3, 0.4) is 0 Å². The first-order valence-electron chi connectivity index (χ1n) is 9.76. The molecule has 0 fully saturated rings. The number of hydrogen-bond donors (Lipinski definition) is 1. The van der Waals surface area contributed by atoms with E-state index in [4.69, 9.17) is 4.18 Å². The molecule has 168 valence electrons. The van der Waals surface area contributed by atoms with Gasteiger partial charge in [0.1, 0.15) is 22.3 Å². The maximum atomic E-state index is 13.4. The van der Waals surface area contributed by atoms with Gasteiger partial charge in [-0.05, 0) is 74.0 Å². The predicted molar refractivity (Wildman–Crippen MR) is 117 cm³/mol. The predicted octanol–water partition coefficient (Wildman–Crippen LogP) is 5.18. The highest BCUT2D eigenvalue weighted by atomic mass is 32.2. The summed E-state index contributed by atoms with van der Waals surface area (Å²) in [5.74, 6) is -0.923. The third-order valence-corrected chi connectivity index (χ3v) is 5.81. The van der Waals surface area contributed by atoms with Crippen LogP contribution >= 0.6 is 0 Å². The van der Waals surface area contributed by atoms with Gasteiger partial charge in [-0.2, -0.15) is 8.42 Å². The summed E-state index contributed by atoms with van der Waals surface area (Å²) in [6.45, 7) is 3.93. The Kier molecular flexibility index (Phi) is 7.09. The molecule has 0 bridgehead atoms. The molecule has 3 aromatic carbocycles. The van der Waals surface area contributed by atoms with E-state index in [0.29, 0.717) is 5.69 Å². The minimum atomic E-state index is -4.10. The molecule has 0 spiro atoms. The third kappa shape index (κ3) is 6.04. The summed E-state index contributed by atoms with van der Waals surface area (Å²) in [7, 11) is -4.10. The zero-order chi connectivity index (χ0) is 23.3. The average molecular weight is 461 g/mol. The van der Waals surface area contributed by atoms with Crippen LogP contribution in [-0.2, 0) is 16.7 Å². The molecule has 0 aromatic heterocycles. The van der Waals surface area contributed by atoms with Crippen molar-refractivity contribution in [1.29, 1.82) is 0 Å². The van der Waals surface area contributed by atoms with E-state index in [1.807, 2.05) is 13.8 Å². The lowest BCUT2D eigenvalue weighted by Crippen LogP contribution is -2.39. The van der Waals surface area contributed by atoms with Crippen LogP contribution < -0.4 is 9.50 Å². The highest BCUT2D eigenvalue weighted by Gasteiger charge is 2.19. The Labute approximate surface area is 185 Å². The van der Waals surface area contributed by atoms with Crippen molar-refractivity contribution in [3.05, 3.63) is 90.0 Å². The first kappa shape index (κ1) is 23.2. The lowest BCUT2D eigenvalue weighted by Gasteiger charge is -2.27. The van der Waals surface area contributed by atoms with E-state index in [1.165, 1.54) is 30.3 Å². The van der Waals surface area contributed by atoms with Gasteiger partial charge in [-0.3, -0.25) is 0 Å². The van der Waals surface area contributed by atoms with Crippen molar-refractivity contribution in [2.24, 2.45) is 0 Å². The number of halogens is 2. The van der Waals surface area contributed by atoms with Crippen LogP contribution in [0.15, 0.2) is 77.7 Å². The molecule has 1 N–H and O–H groups in total. The Hall–Kier alpha value is -3.46. The van der Waals surface area contributed by atoms with Crippen LogP contribution in [-0.4, -0.2) is 25.4 Å². The van der Waals surface area contributed by atoms with E-state index in [2.05, 4.69) is 5.32 Å². The molecular weight excluding hydrogens is 438 g/mol. The lowest BCUT2D eigenvalue weighted by molar-refractivity contribution is 0.193. The normalized spacial score (nSPS) is 11.3. The fraction of sp³-hybridized carbons (Fsp3) is 0.174. The molecule has 2 amide bonds. The third-order valence-electron chi connectivity index (χ3n) is 4.54. The van der Waals surface area contributed by atoms with E-state index in [0.717, 1.165) is 29.8 Å². The number of urea groups is 1. The van der Waals surface area contributed by atoms with Gasteiger partial charge in [-0.15, -0.1) is 0 Å². The smallest absolute Gasteiger partial charge is 0.339 e. The van der Waals surface area contributed by atoms with Crippen molar-refractivity contribution in [1.82, 2.24) is 4.90 Å². The molecule has 9 heteroatoms. The minimum Gasteiger partial charge on any atom is -0.379 e. The lowest BCUT2D eigenvalue weighted by atomic mass is 10.2.